The molecular weight excluding hydrogens is 492 g/mol. The number of aliphatic imine (C=N–C) groups is 1. The van der Waals surface area contributed by atoms with Crippen molar-refractivity contribution >= 4 is 44.5 Å². The Morgan fingerprint density at radius 2 is 2.06 bits per heavy atom. The number of amidine groups is 1. The maximum absolute atomic E-state index is 13.3. The van der Waals surface area contributed by atoms with Gasteiger partial charge in [0.15, 0.2) is 5.17 Å². The lowest BCUT2D eigenvalue weighted by Gasteiger charge is -2.35. The van der Waals surface area contributed by atoms with Crippen LogP contribution in [0, 0.1) is 11.3 Å². The minimum atomic E-state index is -0.641. The molecule has 2 aliphatic heterocycles. The molecule has 0 saturated heterocycles. The van der Waals surface area contributed by atoms with E-state index in [0.29, 0.717) is 27.1 Å². The third-order valence-electron chi connectivity index (χ3n) is 5.02. The largest absolute Gasteiger partial charge is 0.496 e. The molecule has 2 aliphatic rings. The Morgan fingerprint density at radius 3 is 2.69 bits per heavy atom. The van der Waals surface area contributed by atoms with Crippen molar-refractivity contribution in [3.63, 3.8) is 0 Å². The summed E-state index contributed by atoms with van der Waals surface area (Å²) in [4.78, 5) is 20.1. The molecule has 0 fully saturated rings. The van der Waals surface area contributed by atoms with Gasteiger partial charge in [-0.1, -0.05) is 36.4 Å². The lowest BCUT2D eigenvalue weighted by atomic mass is 9.92. The fraction of sp³-hybridized carbons (Fsp3) is 0.174. The number of methoxy groups -OCH3 is 1. The highest BCUT2D eigenvalue weighted by Gasteiger charge is 2.43. The molecule has 0 saturated carbocycles. The van der Waals surface area contributed by atoms with Crippen LogP contribution in [0.3, 0.4) is 0 Å². The van der Waals surface area contributed by atoms with Crippen LogP contribution in [0.2, 0.25) is 0 Å². The van der Waals surface area contributed by atoms with E-state index >= 15 is 0 Å². The third kappa shape index (κ3) is 3.76. The van der Waals surface area contributed by atoms with Gasteiger partial charge in [-0.15, -0.1) is 0 Å². The van der Waals surface area contributed by atoms with Crippen molar-refractivity contribution in [2.24, 2.45) is 10.7 Å². The molecule has 9 heteroatoms. The number of carbonyl (C=O) groups excluding carboxylic acids is 1. The number of fused-ring (bicyclic) bond motifs is 1. The van der Waals surface area contributed by atoms with Gasteiger partial charge in [0.1, 0.15) is 22.5 Å². The van der Waals surface area contributed by atoms with Gasteiger partial charge in [0.2, 0.25) is 0 Å². The van der Waals surface area contributed by atoms with Gasteiger partial charge in [-0.05, 0) is 52.3 Å². The molecule has 0 aliphatic carbocycles. The number of thioether (sulfide) groups is 1. The van der Waals surface area contributed by atoms with Crippen molar-refractivity contribution in [1.82, 2.24) is 4.90 Å². The SMILES string of the molecule is CCOC(=O)C1=C(c2ccccc2)N=C2SC(C#N)=C(N)N2[C@@H]1c1ccc(OC)c(Br)c1. The first-order chi connectivity index (χ1) is 15.5. The highest BCUT2D eigenvalue weighted by atomic mass is 79.9. The fourth-order valence-electron chi connectivity index (χ4n) is 3.63. The molecule has 32 heavy (non-hydrogen) atoms. The molecule has 0 bridgehead atoms. The fourth-order valence-corrected chi connectivity index (χ4v) is 5.06. The molecule has 2 aromatic rings. The molecule has 2 aromatic carbocycles. The normalized spacial score (nSPS) is 17.6. The minimum Gasteiger partial charge on any atom is -0.496 e. The quantitative estimate of drug-likeness (QED) is 0.588. The number of carbonyl (C=O) groups is 1. The van der Waals surface area contributed by atoms with Crippen molar-refractivity contribution in [2.75, 3.05) is 13.7 Å². The van der Waals surface area contributed by atoms with Gasteiger partial charge in [0.05, 0.1) is 35.5 Å². The molecule has 0 aromatic heterocycles. The number of benzene rings is 2. The van der Waals surface area contributed by atoms with E-state index in [-0.39, 0.29) is 12.4 Å². The predicted molar refractivity (Wildman–Crippen MR) is 127 cm³/mol. The first kappa shape index (κ1) is 22.0. The standard InChI is InChI=1S/C23H19BrN4O3S/c1-3-31-22(29)18-19(13-7-5-4-6-8-13)27-23-28(21(26)17(12-25)32-23)20(18)14-9-10-16(30-2)15(24)11-14/h4-11,20H,3,26H2,1-2H3/t20-/m1/s1. The van der Waals surface area contributed by atoms with Gasteiger partial charge in [0, 0.05) is 5.56 Å². The Labute approximate surface area is 198 Å². The van der Waals surface area contributed by atoms with Crippen molar-refractivity contribution in [1.29, 1.82) is 5.26 Å². The van der Waals surface area contributed by atoms with Crippen molar-refractivity contribution in [3.8, 4) is 11.8 Å². The Hall–Kier alpha value is -3.22. The van der Waals surface area contributed by atoms with Gasteiger partial charge in [-0.25, -0.2) is 9.79 Å². The number of rotatable bonds is 5. The monoisotopic (exact) mass is 510 g/mol. The van der Waals surface area contributed by atoms with Crippen LogP contribution in [0.15, 0.2) is 74.3 Å². The summed E-state index contributed by atoms with van der Waals surface area (Å²) in [6.45, 7) is 1.97. The Kier molecular flexibility index (Phi) is 6.26. The van der Waals surface area contributed by atoms with E-state index in [1.54, 1.807) is 18.9 Å². The molecule has 7 nitrogen and oxygen atoms in total. The van der Waals surface area contributed by atoms with Crippen LogP contribution >= 0.6 is 27.7 Å². The Balaban J connectivity index is 2.00. The molecule has 2 heterocycles. The number of halogens is 1. The molecule has 0 amide bonds. The first-order valence-electron chi connectivity index (χ1n) is 9.75. The highest BCUT2D eigenvalue weighted by molar-refractivity contribution is 9.10. The van der Waals surface area contributed by atoms with Crippen LogP contribution in [0.4, 0.5) is 0 Å². The average molecular weight is 511 g/mol. The second-order valence-corrected chi connectivity index (χ2v) is 8.67. The maximum Gasteiger partial charge on any atom is 0.338 e. The molecule has 0 unspecified atom stereocenters. The maximum atomic E-state index is 13.3. The first-order valence-corrected chi connectivity index (χ1v) is 11.4. The topological polar surface area (TPSA) is 101 Å². The number of ether oxygens (including phenoxy) is 2. The van der Waals surface area contributed by atoms with E-state index in [9.17, 15) is 10.1 Å². The predicted octanol–water partition coefficient (Wildman–Crippen LogP) is 4.54. The second kappa shape index (κ2) is 9.10. The van der Waals surface area contributed by atoms with Crippen molar-refractivity contribution in [3.05, 3.63) is 80.4 Å². The summed E-state index contributed by atoms with van der Waals surface area (Å²) >= 11 is 4.71. The summed E-state index contributed by atoms with van der Waals surface area (Å²) in [7, 11) is 1.58. The Bertz CT molecular complexity index is 1220. The zero-order chi connectivity index (χ0) is 22.8. The number of allylic oxidation sites excluding steroid dienone is 1. The summed E-state index contributed by atoms with van der Waals surface area (Å²) < 4.78 is 11.5. The van der Waals surface area contributed by atoms with Crippen LogP contribution in [-0.2, 0) is 9.53 Å². The lowest BCUT2D eigenvalue weighted by Crippen LogP contribution is -2.38. The number of nitrogens with zero attached hydrogens (tertiary/aromatic N) is 3. The molecule has 2 N–H and O–H groups in total. The zero-order valence-corrected chi connectivity index (χ0v) is 19.7. The molecular formula is C23H19BrN4O3S. The van der Waals surface area contributed by atoms with Crippen LogP contribution in [0.5, 0.6) is 5.75 Å². The summed E-state index contributed by atoms with van der Waals surface area (Å²) in [6.07, 6.45) is 0. The third-order valence-corrected chi connectivity index (χ3v) is 6.62. The van der Waals surface area contributed by atoms with E-state index in [2.05, 4.69) is 22.0 Å². The molecule has 162 valence electrons. The highest BCUT2D eigenvalue weighted by Crippen LogP contribution is 2.48. The van der Waals surface area contributed by atoms with Crippen LogP contribution in [0.1, 0.15) is 24.1 Å². The van der Waals surface area contributed by atoms with Gasteiger partial charge in [0.25, 0.3) is 0 Å². The number of nitriles is 1. The molecule has 4 rings (SSSR count). The number of hydrogen-bond acceptors (Lipinski definition) is 8. The summed E-state index contributed by atoms with van der Waals surface area (Å²) in [5.41, 5.74) is 8.73. The van der Waals surface area contributed by atoms with Crippen LogP contribution in [0.25, 0.3) is 5.70 Å². The molecule has 1 atom stereocenters. The van der Waals surface area contributed by atoms with E-state index in [1.807, 2.05) is 48.5 Å². The smallest absolute Gasteiger partial charge is 0.338 e. The second-order valence-electron chi connectivity index (χ2n) is 6.84. The Morgan fingerprint density at radius 1 is 1.31 bits per heavy atom. The lowest BCUT2D eigenvalue weighted by molar-refractivity contribution is -0.139. The molecule has 0 spiro atoms. The van der Waals surface area contributed by atoms with E-state index in [4.69, 9.17) is 20.2 Å². The van der Waals surface area contributed by atoms with E-state index in [1.165, 1.54) is 11.8 Å². The number of nitrogens with two attached hydrogens (primary N) is 1. The summed E-state index contributed by atoms with van der Waals surface area (Å²) in [6, 6.07) is 16.5. The van der Waals surface area contributed by atoms with Gasteiger partial charge in [-0.3, -0.25) is 4.90 Å². The van der Waals surface area contributed by atoms with Gasteiger partial charge < -0.3 is 15.2 Å². The van der Waals surface area contributed by atoms with Crippen molar-refractivity contribution in [2.45, 2.75) is 13.0 Å². The number of hydrogen-bond donors (Lipinski definition) is 1. The zero-order valence-electron chi connectivity index (χ0n) is 17.3. The van der Waals surface area contributed by atoms with E-state index in [0.717, 1.165) is 15.6 Å². The van der Waals surface area contributed by atoms with Gasteiger partial charge in [-0.2, -0.15) is 5.26 Å². The molecule has 0 radical (unpaired) electrons. The average Bonchev–Trinajstić information content (AvgIpc) is 3.13. The van der Waals surface area contributed by atoms with Crippen molar-refractivity contribution < 1.29 is 14.3 Å². The van der Waals surface area contributed by atoms with Gasteiger partial charge >= 0.3 is 5.97 Å². The summed E-state index contributed by atoms with van der Waals surface area (Å²) in [5.74, 6) is 0.414. The van der Waals surface area contributed by atoms with Crippen LogP contribution in [-0.4, -0.2) is 29.8 Å². The minimum absolute atomic E-state index is 0.212. The number of esters is 1. The summed E-state index contributed by atoms with van der Waals surface area (Å²) in [5, 5.41) is 10.1. The van der Waals surface area contributed by atoms with Crippen LogP contribution < -0.4 is 10.5 Å². The van der Waals surface area contributed by atoms with E-state index < -0.39 is 12.0 Å².